The van der Waals surface area contributed by atoms with Gasteiger partial charge in [-0.05, 0) is 19.9 Å². The van der Waals surface area contributed by atoms with Gasteiger partial charge in [0.1, 0.15) is 0 Å². The van der Waals surface area contributed by atoms with E-state index in [0.29, 0.717) is 0 Å². The Balaban J connectivity index is 3.01. The number of nitrogens with zero attached hydrogens (tertiary/aromatic N) is 2. The highest BCUT2D eigenvalue weighted by molar-refractivity contribution is 7.89. The van der Waals surface area contributed by atoms with Gasteiger partial charge in [0, 0.05) is 7.05 Å². The van der Waals surface area contributed by atoms with Crippen molar-refractivity contribution in [2.24, 2.45) is 7.05 Å². The Morgan fingerprint density at radius 2 is 2.20 bits per heavy atom. The van der Waals surface area contributed by atoms with Crippen LogP contribution in [0.5, 0.6) is 0 Å². The molecule has 0 saturated heterocycles. The van der Waals surface area contributed by atoms with Crippen LogP contribution in [0.4, 0.5) is 0 Å². The molecule has 1 aromatic heterocycles. The average Bonchev–Trinajstić information content (AvgIpc) is 2.50. The van der Waals surface area contributed by atoms with Crippen molar-refractivity contribution in [1.29, 1.82) is 0 Å². The van der Waals surface area contributed by atoms with Crippen molar-refractivity contribution in [3.8, 4) is 0 Å². The Kier molecular flexibility index (Phi) is 3.17. The summed E-state index contributed by atoms with van der Waals surface area (Å²) in [6.07, 6.45) is 1.40. The number of hydrogen-bond acceptors (Lipinski definition) is 4. The van der Waals surface area contributed by atoms with E-state index in [1.165, 1.54) is 16.9 Å². The van der Waals surface area contributed by atoms with Crippen molar-refractivity contribution >= 4 is 10.0 Å². The number of aromatic nitrogens is 2. The third kappa shape index (κ3) is 2.77. The molecule has 0 aliphatic heterocycles. The lowest BCUT2D eigenvalue weighted by molar-refractivity contribution is 0.208. The van der Waals surface area contributed by atoms with Gasteiger partial charge in [-0.1, -0.05) is 0 Å². The van der Waals surface area contributed by atoms with E-state index in [2.05, 4.69) is 9.82 Å². The minimum absolute atomic E-state index is 0.0732. The SMILES string of the molecule is Cn1nccc1S(=O)(=O)NC(C)(C)CO. The number of rotatable bonds is 4. The maximum absolute atomic E-state index is 11.8. The maximum Gasteiger partial charge on any atom is 0.258 e. The second kappa shape index (κ2) is 3.92. The van der Waals surface area contributed by atoms with Gasteiger partial charge >= 0.3 is 0 Å². The maximum atomic E-state index is 11.8. The van der Waals surface area contributed by atoms with Gasteiger partial charge < -0.3 is 5.11 Å². The number of aliphatic hydroxyl groups is 1. The molecule has 0 radical (unpaired) electrons. The normalized spacial score (nSPS) is 13.1. The first-order valence-corrected chi connectivity index (χ1v) is 5.90. The second-order valence-electron chi connectivity index (χ2n) is 3.94. The van der Waals surface area contributed by atoms with Gasteiger partial charge in [0.25, 0.3) is 10.0 Å². The number of aliphatic hydroxyl groups excluding tert-OH is 1. The second-order valence-corrected chi connectivity index (χ2v) is 5.57. The van der Waals surface area contributed by atoms with E-state index >= 15 is 0 Å². The average molecular weight is 233 g/mol. The zero-order valence-electron chi connectivity index (χ0n) is 8.93. The molecule has 0 saturated carbocycles. The first-order valence-electron chi connectivity index (χ1n) is 4.41. The lowest BCUT2D eigenvalue weighted by atomic mass is 10.1. The first-order chi connectivity index (χ1) is 6.78. The molecular formula is C8H15N3O3S. The molecule has 0 aromatic carbocycles. The third-order valence-corrected chi connectivity index (χ3v) is 3.63. The largest absolute Gasteiger partial charge is 0.394 e. The number of hydrogen-bond donors (Lipinski definition) is 2. The molecule has 0 spiro atoms. The van der Waals surface area contributed by atoms with Crippen molar-refractivity contribution in [3.63, 3.8) is 0 Å². The lowest BCUT2D eigenvalue weighted by Crippen LogP contribution is -2.46. The summed E-state index contributed by atoms with van der Waals surface area (Å²) in [5.74, 6) is 0. The highest BCUT2D eigenvalue weighted by Gasteiger charge is 2.27. The first kappa shape index (κ1) is 12.2. The van der Waals surface area contributed by atoms with Crippen LogP contribution >= 0.6 is 0 Å². The summed E-state index contributed by atoms with van der Waals surface area (Å²) in [6, 6.07) is 1.40. The van der Waals surface area contributed by atoms with Crippen LogP contribution in [0.15, 0.2) is 17.3 Å². The lowest BCUT2D eigenvalue weighted by Gasteiger charge is -2.22. The zero-order valence-corrected chi connectivity index (χ0v) is 9.74. The third-order valence-electron chi connectivity index (χ3n) is 1.86. The molecule has 0 bridgehead atoms. The van der Waals surface area contributed by atoms with Gasteiger partial charge in [0.15, 0.2) is 5.03 Å². The van der Waals surface area contributed by atoms with Gasteiger partial charge in [-0.15, -0.1) is 0 Å². The summed E-state index contributed by atoms with van der Waals surface area (Å²) in [5.41, 5.74) is -0.886. The molecule has 1 aromatic rings. The minimum atomic E-state index is -3.63. The quantitative estimate of drug-likeness (QED) is 0.732. The molecule has 7 heteroatoms. The standard InChI is InChI=1S/C8H15N3O3S/c1-8(2,6-12)10-15(13,14)7-4-5-9-11(7)3/h4-5,10,12H,6H2,1-3H3. The fourth-order valence-electron chi connectivity index (χ4n) is 1.07. The fraction of sp³-hybridized carbons (Fsp3) is 0.625. The van der Waals surface area contributed by atoms with E-state index in [9.17, 15) is 8.42 Å². The molecule has 0 aliphatic carbocycles. The summed E-state index contributed by atoms with van der Waals surface area (Å²) < 4.78 is 27.3. The smallest absolute Gasteiger partial charge is 0.258 e. The fourth-order valence-corrected chi connectivity index (χ4v) is 2.61. The summed E-state index contributed by atoms with van der Waals surface area (Å²) >= 11 is 0. The monoisotopic (exact) mass is 233 g/mol. The Labute approximate surface area is 89.0 Å². The number of aryl methyl sites for hydroxylation is 1. The Hall–Kier alpha value is -0.920. The summed E-state index contributed by atoms with van der Waals surface area (Å²) in [5, 5.41) is 12.8. The molecule has 15 heavy (non-hydrogen) atoms. The van der Waals surface area contributed by atoms with Crippen molar-refractivity contribution < 1.29 is 13.5 Å². The minimum Gasteiger partial charge on any atom is -0.394 e. The van der Waals surface area contributed by atoms with Crippen LogP contribution in [0, 0.1) is 0 Å². The highest BCUT2D eigenvalue weighted by Crippen LogP contribution is 2.11. The van der Waals surface area contributed by atoms with Gasteiger partial charge in [0.05, 0.1) is 18.3 Å². The van der Waals surface area contributed by atoms with Crippen molar-refractivity contribution in [1.82, 2.24) is 14.5 Å². The predicted octanol–water partition coefficient (Wildman–Crippen LogP) is -0.531. The van der Waals surface area contributed by atoms with Crippen molar-refractivity contribution in [2.45, 2.75) is 24.4 Å². The van der Waals surface area contributed by atoms with Crippen LogP contribution in [-0.2, 0) is 17.1 Å². The van der Waals surface area contributed by atoms with E-state index in [1.54, 1.807) is 20.9 Å². The highest BCUT2D eigenvalue weighted by atomic mass is 32.2. The van der Waals surface area contributed by atoms with E-state index in [-0.39, 0.29) is 11.6 Å². The molecule has 0 atom stereocenters. The Morgan fingerprint density at radius 3 is 2.60 bits per heavy atom. The molecule has 1 heterocycles. The molecule has 6 nitrogen and oxygen atoms in total. The van der Waals surface area contributed by atoms with Crippen LogP contribution in [0.1, 0.15) is 13.8 Å². The summed E-state index contributed by atoms with van der Waals surface area (Å²) in [7, 11) is -2.08. The van der Waals surface area contributed by atoms with Gasteiger partial charge in [0.2, 0.25) is 0 Å². The van der Waals surface area contributed by atoms with E-state index in [0.717, 1.165) is 0 Å². The van der Waals surface area contributed by atoms with E-state index in [4.69, 9.17) is 5.11 Å². The summed E-state index contributed by atoms with van der Waals surface area (Å²) in [6.45, 7) is 2.92. The molecule has 86 valence electrons. The molecule has 0 aliphatic rings. The van der Waals surface area contributed by atoms with Crippen LogP contribution in [-0.4, -0.2) is 35.5 Å². The van der Waals surface area contributed by atoms with Crippen molar-refractivity contribution in [3.05, 3.63) is 12.3 Å². The van der Waals surface area contributed by atoms with Gasteiger partial charge in [-0.2, -0.15) is 5.10 Å². The number of sulfonamides is 1. The van der Waals surface area contributed by atoms with Crippen LogP contribution in [0.3, 0.4) is 0 Å². The van der Waals surface area contributed by atoms with E-state index < -0.39 is 15.6 Å². The van der Waals surface area contributed by atoms with Crippen LogP contribution < -0.4 is 4.72 Å². The predicted molar refractivity (Wildman–Crippen MR) is 54.7 cm³/mol. The van der Waals surface area contributed by atoms with Crippen LogP contribution in [0.25, 0.3) is 0 Å². The van der Waals surface area contributed by atoms with Gasteiger partial charge in [-0.25, -0.2) is 13.1 Å². The summed E-state index contributed by atoms with van der Waals surface area (Å²) in [4.78, 5) is 0. The van der Waals surface area contributed by atoms with E-state index in [1.807, 2.05) is 0 Å². The number of nitrogens with one attached hydrogen (secondary N) is 1. The Bertz CT molecular complexity index is 436. The molecular weight excluding hydrogens is 218 g/mol. The topological polar surface area (TPSA) is 84.2 Å². The molecule has 0 amide bonds. The zero-order chi connectivity index (χ0) is 11.7. The molecule has 0 unspecified atom stereocenters. The molecule has 2 N–H and O–H groups in total. The van der Waals surface area contributed by atoms with Crippen molar-refractivity contribution in [2.75, 3.05) is 6.61 Å². The molecule has 1 rings (SSSR count). The Morgan fingerprint density at radius 1 is 1.60 bits per heavy atom. The van der Waals surface area contributed by atoms with Crippen LogP contribution in [0.2, 0.25) is 0 Å². The molecule has 0 fully saturated rings. The van der Waals surface area contributed by atoms with Gasteiger partial charge in [-0.3, -0.25) is 4.68 Å².